The van der Waals surface area contributed by atoms with Crippen molar-refractivity contribution in [2.75, 3.05) is 19.6 Å². The molecule has 1 unspecified atom stereocenters. The molecule has 3 rings (SSSR count). The number of piperazine rings is 1. The lowest BCUT2D eigenvalue weighted by Crippen LogP contribution is -2.73. The maximum atomic E-state index is 13.7. The van der Waals surface area contributed by atoms with Crippen molar-refractivity contribution in [3.63, 3.8) is 0 Å². The van der Waals surface area contributed by atoms with Crippen LogP contribution in [0.2, 0.25) is 0 Å². The summed E-state index contributed by atoms with van der Waals surface area (Å²) in [4.78, 5) is 50.5. The van der Waals surface area contributed by atoms with Gasteiger partial charge < -0.3 is 19.4 Å². The van der Waals surface area contributed by atoms with Crippen LogP contribution in [0.25, 0.3) is 0 Å². The molecular weight excluding hydrogens is 424 g/mol. The van der Waals surface area contributed by atoms with E-state index in [1.165, 1.54) is 0 Å². The highest BCUT2D eigenvalue weighted by atomic mass is 16.7. The van der Waals surface area contributed by atoms with Crippen LogP contribution >= 0.6 is 0 Å². The molecule has 0 aromatic carbocycles. The maximum Gasteiger partial charge on any atom is 0.410 e. The Morgan fingerprint density at radius 3 is 2.21 bits per heavy atom. The van der Waals surface area contributed by atoms with E-state index in [0.717, 1.165) is 0 Å². The predicted molar refractivity (Wildman–Crippen MR) is 124 cm³/mol. The second kappa shape index (κ2) is 10.2. The highest BCUT2D eigenvalue weighted by molar-refractivity contribution is 5.91. The van der Waals surface area contributed by atoms with Crippen LogP contribution in [-0.4, -0.2) is 82.2 Å². The van der Waals surface area contributed by atoms with Gasteiger partial charge >= 0.3 is 6.09 Å². The van der Waals surface area contributed by atoms with Gasteiger partial charge in [-0.05, 0) is 58.3 Å². The lowest BCUT2D eigenvalue weighted by molar-refractivity contribution is -0.201. The van der Waals surface area contributed by atoms with Gasteiger partial charge in [-0.1, -0.05) is 27.7 Å². The van der Waals surface area contributed by atoms with Crippen LogP contribution in [0.4, 0.5) is 4.79 Å². The van der Waals surface area contributed by atoms with Crippen LogP contribution in [-0.2, 0) is 19.2 Å². The smallest absolute Gasteiger partial charge is 0.410 e. The normalized spacial score (nSPS) is 27.4. The van der Waals surface area contributed by atoms with Crippen molar-refractivity contribution in [2.45, 2.75) is 104 Å². The number of hydroxylamine groups is 1. The van der Waals surface area contributed by atoms with Gasteiger partial charge in [0.15, 0.2) is 6.10 Å². The molecule has 9 heteroatoms. The van der Waals surface area contributed by atoms with Crippen molar-refractivity contribution in [2.24, 2.45) is 11.8 Å². The van der Waals surface area contributed by atoms with Crippen LogP contribution in [0, 0.1) is 11.8 Å². The zero-order chi connectivity index (χ0) is 24.5. The standard InChI is InChI=1S/C24H42N4O5/c1-15(2)12-18-21(29)27(14-20-25-33-19(13-16(3)4)22(30)28(18)20)17-8-10-26(11-9-17)23(31)32-24(5,6)7/h15-20,25H,8-14H2,1-7H3/t18-,19+,20?/m0/s1. The largest absolute Gasteiger partial charge is 0.444 e. The summed E-state index contributed by atoms with van der Waals surface area (Å²) in [6.07, 6.45) is 1.39. The van der Waals surface area contributed by atoms with E-state index in [0.29, 0.717) is 51.2 Å². The number of rotatable bonds is 5. The molecule has 3 fully saturated rings. The number of amides is 3. The van der Waals surface area contributed by atoms with Crippen LogP contribution in [0.5, 0.6) is 0 Å². The molecule has 33 heavy (non-hydrogen) atoms. The molecule has 3 amide bonds. The van der Waals surface area contributed by atoms with Crippen LogP contribution in [0.1, 0.15) is 74.1 Å². The van der Waals surface area contributed by atoms with Crippen molar-refractivity contribution in [3.05, 3.63) is 0 Å². The number of ether oxygens (including phenoxy) is 1. The first-order valence-electron chi connectivity index (χ1n) is 12.4. The number of hydrogen-bond donors (Lipinski definition) is 1. The molecule has 0 bridgehead atoms. The van der Waals surface area contributed by atoms with Gasteiger partial charge in [0.2, 0.25) is 5.91 Å². The lowest BCUT2D eigenvalue weighted by Gasteiger charge is -2.52. The fourth-order valence-corrected chi connectivity index (χ4v) is 4.92. The highest BCUT2D eigenvalue weighted by Crippen LogP contribution is 2.30. The lowest BCUT2D eigenvalue weighted by atomic mass is 9.93. The summed E-state index contributed by atoms with van der Waals surface area (Å²) in [7, 11) is 0. The van der Waals surface area contributed by atoms with E-state index < -0.39 is 17.7 Å². The first kappa shape index (κ1) is 25.7. The maximum absolute atomic E-state index is 13.7. The van der Waals surface area contributed by atoms with Gasteiger partial charge in [-0.25, -0.2) is 4.79 Å². The number of fused-ring (bicyclic) bond motifs is 1. The second-order valence-electron chi connectivity index (χ2n) is 11.4. The second-order valence-corrected chi connectivity index (χ2v) is 11.4. The van der Waals surface area contributed by atoms with Gasteiger partial charge in [0.25, 0.3) is 5.91 Å². The fourth-order valence-electron chi connectivity index (χ4n) is 4.92. The summed E-state index contributed by atoms with van der Waals surface area (Å²) < 4.78 is 5.50. The Labute approximate surface area is 198 Å². The summed E-state index contributed by atoms with van der Waals surface area (Å²) >= 11 is 0. The van der Waals surface area contributed by atoms with Gasteiger partial charge in [-0.2, -0.15) is 5.48 Å². The quantitative estimate of drug-likeness (QED) is 0.670. The number of nitrogens with one attached hydrogen (secondary N) is 1. The predicted octanol–water partition coefficient (Wildman–Crippen LogP) is 2.75. The average molecular weight is 467 g/mol. The summed E-state index contributed by atoms with van der Waals surface area (Å²) in [6.45, 7) is 15.3. The van der Waals surface area contributed by atoms with Gasteiger partial charge in [0.05, 0.1) is 6.54 Å². The average Bonchev–Trinajstić information content (AvgIpc) is 2.70. The number of piperidine rings is 1. The number of carbonyl (C=O) groups is 3. The molecule has 3 saturated heterocycles. The molecule has 188 valence electrons. The van der Waals surface area contributed by atoms with Crippen LogP contribution in [0.15, 0.2) is 0 Å². The molecule has 0 radical (unpaired) electrons. The van der Waals surface area contributed by atoms with Gasteiger partial charge in [0.1, 0.15) is 17.8 Å². The Bertz CT molecular complexity index is 727. The third-order valence-electron chi connectivity index (χ3n) is 6.42. The Balaban J connectivity index is 1.70. The monoisotopic (exact) mass is 466 g/mol. The van der Waals surface area contributed by atoms with E-state index in [1.807, 2.05) is 25.7 Å². The van der Waals surface area contributed by atoms with Gasteiger partial charge in [-0.15, -0.1) is 0 Å². The summed E-state index contributed by atoms with van der Waals surface area (Å²) in [5.74, 6) is 0.502. The van der Waals surface area contributed by atoms with Crippen molar-refractivity contribution in [3.8, 4) is 0 Å². The van der Waals surface area contributed by atoms with E-state index in [-0.39, 0.29) is 36.0 Å². The summed E-state index contributed by atoms with van der Waals surface area (Å²) in [5, 5.41) is 0. The summed E-state index contributed by atoms with van der Waals surface area (Å²) in [5.41, 5.74) is 2.55. The first-order valence-corrected chi connectivity index (χ1v) is 12.4. The molecule has 3 aliphatic rings. The van der Waals surface area contributed by atoms with Gasteiger partial charge in [0, 0.05) is 19.1 Å². The van der Waals surface area contributed by atoms with Crippen LogP contribution in [0.3, 0.4) is 0 Å². The molecule has 3 heterocycles. The minimum absolute atomic E-state index is 0.0102. The zero-order valence-corrected chi connectivity index (χ0v) is 21.3. The Kier molecular flexibility index (Phi) is 7.94. The molecule has 0 aromatic rings. The number of nitrogens with zero attached hydrogens (tertiary/aromatic N) is 3. The van der Waals surface area contributed by atoms with Crippen molar-refractivity contribution in [1.82, 2.24) is 20.2 Å². The molecule has 0 aromatic heterocycles. The third kappa shape index (κ3) is 6.18. The van der Waals surface area contributed by atoms with Crippen molar-refractivity contribution < 1.29 is 24.0 Å². The van der Waals surface area contributed by atoms with E-state index in [1.54, 1.807) is 9.80 Å². The van der Waals surface area contributed by atoms with E-state index in [4.69, 9.17) is 9.57 Å². The van der Waals surface area contributed by atoms with E-state index in [9.17, 15) is 14.4 Å². The Morgan fingerprint density at radius 2 is 1.67 bits per heavy atom. The van der Waals surface area contributed by atoms with Gasteiger partial charge in [-0.3, -0.25) is 14.4 Å². The molecule has 9 nitrogen and oxygen atoms in total. The minimum atomic E-state index is -0.563. The van der Waals surface area contributed by atoms with Crippen LogP contribution < -0.4 is 5.48 Å². The Morgan fingerprint density at radius 1 is 1.06 bits per heavy atom. The molecule has 3 aliphatic heterocycles. The zero-order valence-electron chi connectivity index (χ0n) is 21.3. The highest BCUT2D eigenvalue weighted by Gasteiger charge is 2.50. The number of likely N-dealkylation sites (tertiary alicyclic amines) is 1. The molecule has 0 spiro atoms. The number of hydrogen-bond acceptors (Lipinski definition) is 6. The van der Waals surface area contributed by atoms with E-state index in [2.05, 4.69) is 33.2 Å². The Hall–Kier alpha value is -1.87. The summed E-state index contributed by atoms with van der Waals surface area (Å²) in [6, 6.07) is -0.468. The van der Waals surface area contributed by atoms with Crippen molar-refractivity contribution >= 4 is 17.9 Å². The molecule has 0 aliphatic carbocycles. The minimum Gasteiger partial charge on any atom is -0.444 e. The third-order valence-corrected chi connectivity index (χ3v) is 6.42. The van der Waals surface area contributed by atoms with Crippen molar-refractivity contribution in [1.29, 1.82) is 0 Å². The molecule has 0 saturated carbocycles. The number of carbonyl (C=O) groups excluding carboxylic acids is 3. The van der Waals surface area contributed by atoms with E-state index >= 15 is 0 Å². The SMILES string of the molecule is CC(C)C[C@H]1ONC2CN(C3CCN(C(=O)OC(C)(C)C)CC3)C(=O)[C@H](CC(C)C)N2C1=O. The molecule has 1 N–H and O–H groups in total. The first-order chi connectivity index (χ1) is 15.4. The molecular formula is C24H42N4O5. The molecule has 3 atom stereocenters. The fraction of sp³-hybridized carbons (Fsp3) is 0.875. The topological polar surface area (TPSA) is 91.4 Å².